The molecule has 1 N–H and O–H groups in total. The zero-order chi connectivity index (χ0) is 21.0. The molecule has 2 aromatic rings. The number of nitrogens with one attached hydrogen (secondary N) is 1. The van der Waals surface area contributed by atoms with Crippen LogP contribution in [0.1, 0.15) is 51.6 Å². The molecule has 6 heteroatoms. The topological polar surface area (TPSA) is 69.7 Å². The Bertz CT molecular complexity index is 915. The summed E-state index contributed by atoms with van der Waals surface area (Å²) in [5.74, 6) is -0.0753. The molecular formula is C23H27N3O3. The van der Waals surface area contributed by atoms with Crippen LogP contribution in [0.2, 0.25) is 0 Å². The van der Waals surface area contributed by atoms with Crippen LogP contribution in [0.25, 0.3) is 0 Å². The van der Waals surface area contributed by atoms with E-state index in [1.165, 1.54) is 0 Å². The highest BCUT2D eigenvalue weighted by molar-refractivity contribution is 6.06. The number of amides is 3. The molecule has 6 nitrogen and oxygen atoms in total. The molecule has 1 saturated heterocycles. The summed E-state index contributed by atoms with van der Waals surface area (Å²) in [5, 5.41) is 3.03. The van der Waals surface area contributed by atoms with Gasteiger partial charge in [0.2, 0.25) is 6.41 Å². The minimum absolute atomic E-state index is 0.121. The van der Waals surface area contributed by atoms with Crippen LogP contribution < -0.4 is 5.32 Å². The number of carbonyl (C=O) groups is 3. The second kappa shape index (κ2) is 8.90. The van der Waals surface area contributed by atoms with Gasteiger partial charge in [-0.1, -0.05) is 38.1 Å². The van der Waals surface area contributed by atoms with Gasteiger partial charge in [-0.3, -0.25) is 14.4 Å². The fourth-order valence-electron chi connectivity index (χ4n) is 3.53. The maximum absolute atomic E-state index is 12.9. The van der Waals surface area contributed by atoms with Gasteiger partial charge < -0.3 is 15.1 Å². The molecule has 152 valence electrons. The van der Waals surface area contributed by atoms with Gasteiger partial charge in [0.1, 0.15) is 0 Å². The third-order valence-electron chi connectivity index (χ3n) is 5.29. The van der Waals surface area contributed by atoms with Crippen LogP contribution in [-0.4, -0.2) is 54.2 Å². The molecule has 1 aliphatic heterocycles. The molecule has 1 heterocycles. The Morgan fingerprint density at radius 2 is 1.66 bits per heavy atom. The summed E-state index contributed by atoms with van der Waals surface area (Å²) in [6, 6.07) is 12.8. The van der Waals surface area contributed by atoms with Crippen LogP contribution >= 0.6 is 0 Å². The maximum atomic E-state index is 12.9. The van der Waals surface area contributed by atoms with Gasteiger partial charge in [0.05, 0.1) is 0 Å². The first-order chi connectivity index (χ1) is 13.9. The van der Waals surface area contributed by atoms with E-state index in [0.717, 1.165) is 23.2 Å². The summed E-state index contributed by atoms with van der Waals surface area (Å²) in [7, 11) is 0. The summed E-state index contributed by atoms with van der Waals surface area (Å²) < 4.78 is 0. The van der Waals surface area contributed by atoms with Gasteiger partial charge >= 0.3 is 0 Å². The predicted molar refractivity (Wildman–Crippen MR) is 113 cm³/mol. The van der Waals surface area contributed by atoms with Crippen molar-refractivity contribution in [2.24, 2.45) is 0 Å². The van der Waals surface area contributed by atoms with E-state index in [0.29, 0.717) is 37.3 Å². The van der Waals surface area contributed by atoms with Crippen molar-refractivity contribution in [1.29, 1.82) is 0 Å². The lowest BCUT2D eigenvalue weighted by molar-refractivity contribution is -0.119. The standard InChI is InChI=1S/C23H27N3O3/c1-16(2)20-9-4-6-17(3)21(20)24-22(28)18-7-5-8-19(14-18)23(29)26-12-10-25(15-27)11-13-26/h4-9,14-16H,10-13H2,1-3H3,(H,24,28). The van der Waals surface area contributed by atoms with Crippen molar-refractivity contribution >= 4 is 23.9 Å². The highest BCUT2D eigenvalue weighted by Gasteiger charge is 2.22. The zero-order valence-corrected chi connectivity index (χ0v) is 17.1. The van der Waals surface area contributed by atoms with Crippen molar-refractivity contribution in [1.82, 2.24) is 9.80 Å². The molecule has 0 atom stereocenters. The number of carbonyl (C=O) groups excluding carboxylic acids is 3. The Morgan fingerprint density at radius 3 is 2.31 bits per heavy atom. The first kappa shape index (κ1) is 20.6. The normalized spacial score (nSPS) is 14.1. The summed E-state index contributed by atoms with van der Waals surface area (Å²) in [6.45, 7) is 8.20. The Kier molecular flexibility index (Phi) is 6.32. The predicted octanol–water partition coefficient (Wildman–Crippen LogP) is 3.28. The van der Waals surface area contributed by atoms with Gasteiger partial charge in [-0.15, -0.1) is 0 Å². The maximum Gasteiger partial charge on any atom is 0.255 e. The number of hydrogen-bond acceptors (Lipinski definition) is 3. The second-order valence-corrected chi connectivity index (χ2v) is 7.66. The number of nitrogens with zero attached hydrogens (tertiary/aromatic N) is 2. The lowest BCUT2D eigenvalue weighted by atomic mass is 9.98. The van der Waals surface area contributed by atoms with Crippen LogP contribution in [0.4, 0.5) is 5.69 Å². The number of hydrogen-bond donors (Lipinski definition) is 1. The lowest BCUT2D eigenvalue weighted by Gasteiger charge is -2.32. The molecule has 0 aliphatic carbocycles. The van der Waals surface area contributed by atoms with E-state index >= 15 is 0 Å². The molecule has 0 radical (unpaired) electrons. The van der Waals surface area contributed by atoms with Crippen LogP contribution in [0.15, 0.2) is 42.5 Å². The van der Waals surface area contributed by atoms with E-state index < -0.39 is 0 Å². The van der Waals surface area contributed by atoms with Gasteiger partial charge in [-0.2, -0.15) is 0 Å². The third kappa shape index (κ3) is 4.65. The summed E-state index contributed by atoms with van der Waals surface area (Å²) >= 11 is 0. The SMILES string of the molecule is Cc1cccc(C(C)C)c1NC(=O)c1cccc(C(=O)N2CCN(C=O)CC2)c1. The third-order valence-corrected chi connectivity index (χ3v) is 5.29. The van der Waals surface area contributed by atoms with Crippen LogP contribution in [-0.2, 0) is 4.79 Å². The van der Waals surface area contributed by atoms with Crippen LogP contribution in [0, 0.1) is 6.92 Å². The molecule has 0 saturated carbocycles. The van der Waals surface area contributed by atoms with E-state index in [9.17, 15) is 14.4 Å². The molecule has 0 unspecified atom stereocenters. The first-order valence-corrected chi connectivity index (χ1v) is 9.90. The van der Waals surface area contributed by atoms with Crippen molar-refractivity contribution in [3.8, 4) is 0 Å². The number of benzene rings is 2. The summed E-state index contributed by atoms with van der Waals surface area (Å²) in [6.07, 6.45) is 0.809. The molecular weight excluding hydrogens is 366 g/mol. The summed E-state index contributed by atoms with van der Waals surface area (Å²) in [5.41, 5.74) is 3.84. The van der Waals surface area contributed by atoms with Crippen LogP contribution in [0.3, 0.4) is 0 Å². The Balaban J connectivity index is 1.77. The summed E-state index contributed by atoms with van der Waals surface area (Å²) in [4.78, 5) is 39.9. The minimum atomic E-state index is -0.235. The van der Waals surface area contributed by atoms with Crippen molar-refractivity contribution in [2.75, 3.05) is 31.5 Å². The molecule has 3 amide bonds. The fraction of sp³-hybridized carbons (Fsp3) is 0.348. The van der Waals surface area contributed by atoms with Gasteiger partial charge in [-0.05, 0) is 42.2 Å². The van der Waals surface area contributed by atoms with Gasteiger partial charge in [0.25, 0.3) is 11.8 Å². The van der Waals surface area contributed by atoms with Gasteiger partial charge in [0, 0.05) is 43.0 Å². The molecule has 0 spiro atoms. The number of para-hydroxylation sites is 1. The first-order valence-electron chi connectivity index (χ1n) is 9.90. The Morgan fingerprint density at radius 1 is 1.00 bits per heavy atom. The molecule has 2 aromatic carbocycles. The second-order valence-electron chi connectivity index (χ2n) is 7.66. The van der Waals surface area contributed by atoms with E-state index in [1.54, 1.807) is 34.1 Å². The number of rotatable bonds is 5. The average Bonchev–Trinajstić information content (AvgIpc) is 2.74. The van der Waals surface area contributed by atoms with Crippen LogP contribution in [0.5, 0.6) is 0 Å². The lowest BCUT2D eigenvalue weighted by Crippen LogP contribution is -2.48. The zero-order valence-electron chi connectivity index (χ0n) is 17.1. The van der Waals surface area contributed by atoms with E-state index in [-0.39, 0.29) is 17.7 Å². The molecule has 1 aliphatic rings. The Labute approximate surface area is 171 Å². The number of anilines is 1. The van der Waals surface area contributed by atoms with Crippen molar-refractivity contribution < 1.29 is 14.4 Å². The Hall–Kier alpha value is -3.15. The van der Waals surface area contributed by atoms with Gasteiger partial charge in [-0.25, -0.2) is 0 Å². The number of aryl methyl sites for hydroxylation is 1. The smallest absolute Gasteiger partial charge is 0.255 e. The van der Waals surface area contributed by atoms with Crippen molar-refractivity contribution in [2.45, 2.75) is 26.7 Å². The van der Waals surface area contributed by atoms with Gasteiger partial charge in [0.15, 0.2) is 0 Å². The molecule has 3 rings (SSSR count). The molecule has 0 bridgehead atoms. The highest BCUT2D eigenvalue weighted by Crippen LogP contribution is 2.28. The van der Waals surface area contributed by atoms with Crippen molar-refractivity contribution in [3.05, 3.63) is 64.7 Å². The fourth-order valence-corrected chi connectivity index (χ4v) is 3.53. The quantitative estimate of drug-likeness (QED) is 0.793. The molecule has 1 fully saturated rings. The number of piperazine rings is 1. The molecule has 0 aromatic heterocycles. The van der Waals surface area contributed by atoms with E-state index in [2.05, 4.69) is 19.2 Å². The minimum Gasteiger partial charge on any atom is -0.342 e. The van der Waals surface area contributed by atoms with E-state index in [1.807, 2.05) is 25.1 Å². The molecule has 29 heavy (non-hydrogen) atoms. The highest BCUT2D eigenvalue weighted by atomic mass is 16.2. The van der Waals surface area contributed by atoms with E-state index in [4.69, 9.17) is 0 Å². The largest absolute Gasteiger partial charge is 0.342 e. The average molecular weight is 393 g/mol. The van der Waals surface area contributed by atoms with Crippen molar-refractivity contribution in [3.63, 3.8) is 0 Å². The monoisotopic (exact) mass is 393 g/mol.